The van der Waals surface area contributed by atoms with Gasteiger partial charge in [-0.05, 0) is 25.0 Å². The highest BCUT2D eigenvalue weighted by Gasteiger charge is 2.05. The molecule has 1 N–H and O–H groups in total. The van der Waals surface area contributed by atoms with Gasteiger partial charge in [-0.15, -0.1) is 11.8 Å². The van der Waals surface area contributed by atoms with Crippen molar-refractivity contribution in [3.8, 4) is 0 Å². The molecule has 0 unspecified atom stereocenters. The summed E-state index contributed by atoms with van der Waals surface area (Å²) in [5.41, 5.74) is 2.69. The molecule has 0 amide bonds. The molecular weight excluding hydrogens is 266 g/mol. The van der Waals surface area contributed by atoms with Crippen molar-refractivity contribution in [2.75, 3.05) is 11.9 Å². The summed E-state index contributed by atoms with van der Waals surface area (Å²) < 4.78 is 0. The molecule has 1 heterocycles. The lowest BCUT2D eigenvalue weighted by Gasteiger charge is -2.09. The predicted molar refractivity (Wildman–Crippen MR) is 86.3 cm³/mol. The number of benzene rings is 1. The third kappa shape index (κ3) is 3.97. The average molecular weight is 287 g/mol. The van der Waals surface area contributed by atoms with Crippen LogP contribution >= 0.6 is 11.8 Å². The van der Waals surface area contributed by atoms with Crippen molar-refractivity contribution in [3.63, 3.8) is 0 Å². The number of aromatic nitrogens is 2. The van der Waals surface area contributed by atoms with Crippen LogP contribution in [0.4, 0.5) is 5.82 Å². The van der Waals surface area contributed by atoms with Gasteiger partial charge in [-0.25, -0.2) is 9.97 Å². The van der Waals surface area contributed by atoms with Crippen molar-refractivity contribution in [1.82, 2.24) is 9.97 Å². The van der Waals surface area contributed by atoms with Gasteiger partial charge in [-0.1, -0.05) is 31.2 Å². The van der Waals surface area contributed by atoms with E-state index < -0.39 is 0 Å². The van der Waals surface area contributed by atoms with Crippen LogP contribution in [0.25, 0.3) is 0 Å². The molecule has 0 bridgehead atoms. The number of anilines is 1. The highest BCUT2D eigenvalue weighted by Crippen LogP contribution is 2.24. The number of nitrogens with zero attached hydrogens (tertiary/aromatic N) is 2. The van der Waals surface area contributed by atoms with Gasteiger partial charge in [0, 0.05) is 24.8 Å². The number of nitrogens with one attached hydrogen (secondary N) is 1. The second kappa shape index (κ2) is 7.29. The van der Waals surface area contributed by atoms with Crippen LogP contribution in [0.2, 0.25) is 0 Å². The van der Waals surface area contributed by atoms with Gasteiger partial charge in [-0.3, -0.25) is 0 Å². The van der Waals surface area contributed by atoms with Gasteiger partial charge >= 0.3 is 0 Å². The first kappa shape index (κ1) is 14.9. The van der Waals surface area contributed by atoms with Crippen LogP contribution in [0.5, 0.6) is 0 Å². The number of hydrogen-bond acceptors (Lipinski definition) is 4. The molecule has 0 saturated carbocycles. The number of rotatable bonds is 6. The van der Waals surface area contributed by atoms with E-state index in [-0.39, 0.29) is 0 Å². The van der Waals surface area contributed by atoms with Crippen LogP contribution in [-0.4, -0.2) is 16.5 Å². The summed E-state index contributed by atoms with van der Waals surface area (Å²) in [5, 5.41) is 4.31. The summed E-state index contributed by atoms with van der Waals surface area (Å²) in [5.74, 6) is 2.76. The lowest BCUT2D eigenvalue weighted by atomic mass is 10.1. The molecule has 1 aromatic heterocycles. The van der Waals surface area contributed by atoms with Crippen molar-refractivity contribution >= 4 is 17.6 Å². The van der Waals surface area contributed by atoms with Gasteiger partial charge < -0.3 is 5.32 Å². The molecule has 20 heavy (non-hydrogen) atoms. The molecule has 3 nitrogen and oxygen atoms in total. The van der Waals surface area contributed by atoms with Crippen LogP contribution < -0.4 is 5.32 Å². The number of thioether (sulfide) groups is 1. The van der Waals surface area contributed by atoms with Gasteiger partial charge in [0.05, 0.1) is 0 Å². The van der Waals surface area contributed by atoms with Gasteiger partial charge in [0.15, 0.2) is 0 Å². The second-order valence-corrected chi connectivity index (χ2v) is 5.60. The molecule has 0 aliphatic heterocycles. The van der Waals surface area contributed by atoms with Crippen molar-refractivity contribution in [1.29, 1.82) is 0 Å². The third-order valence-electron chi connectivity index (χ3n) is 3.06. The molecule has 1 aromatic carbocycles. The van der Waals surface area contributed by atoms with Crippen molar-refractivity contribution in [2.24, 2.45) is 0 Å². The van der Waals surface area contributed by atoms with Crippen LogP contribution in [0, 0.1) is 6.92 Å². The smallest absolute Gasteiger partial charge is 0.131 e. The topological polar surface area (TPSA) is 37.8 Å². The fourth-order valence-electron chi connectivity index (χ4n) is 1.90. The SMILES string of the molecule is CCNc1cc(SCc2ccccc2C)nc(CC)n1. The van der Waals surface area contributed by atoms with E-state index in [1.807, 2.05) is 6.07 Å². The predicted octanol–water partition coefficient (Wildman–Crippen LogP) is 4.07. The Bertz CT molecular complexity index is 569. The molecule has 0 atom stereocenters. The zero-order valence-electron chi connectivity index (χ0n) is 12.3. The molecule has 2 aromatic rings. The summed E-state index contributed by atoms with van der Waals surface area (Å²) in [7, 11) is 0. The Kier molecular flexibility index (Phi) is 5.41. The molecule has 2 rings (SSSR count). The van der Waals surface area contributed by atoms with Gasteiger partial charge in [-0.2, -0.15) is 0 Å². The summed E-state index contributed by atoms with van der Waals surface area (Å²) in [6.45, 7) is 7.19. The molecular formula is C16H21N3S. The van der Waals surface area contributed by atoms with Crippen LogP contribution in [-0.2, 0) is 12.2 Å². The maximum Gasteiger partial charge on any atom is 0.131 e. The molecule has 4 heteroatoms. The molecule has 0 radical (unpaired) electrons. The van der Waals surface area contributed by atoms with E-state index >= 15 is 0 Å². The van der Waals surface area contributed by atoms with Gasteiger partial charge in [0.1, 0.15) is 16.7 Å². The molecule has 0 aliphatic carbocycles. The van der Waals surface area contributed by atoms with E-state index in [4.69, 9.17) is 0 Å². The van der Waals surface area contributed by atoms with Gasteiger partial charge in [0.2, 0.25) is 0 Å². The Hall–Kier alpha value is -1.55. The Morgan fingerprint density at radius 3 is 2.65 bits per heavy atom. The third-order valence-corrected chi connectivity index (χ3v) is 4.02. The normalized spacial score (nSPS) is 10.6. The summed E-state index contributed by atoms with van der Waals surface area (Å²) in [6.07, 6.45) is 0.858. The second-order valence-electron chi connectivity index (χ2n) is 4.61. The Morgan fingerprint density at radius 2 is 1.95 bits per heavy atom. The number of hydrogen-bond donors (Lipinski definition) is 1. The quantitative estimate of drug-likeness (QED) is 0.642. The fraction of sp³-hybridized carbons (Fsp3) is 0.375. The first-order chi connectivity index (χ1) is 9.72. The highest BCUT2D eigenvalue weighted by atomic mass is 32.2. The largest absolute Gasteiger partial charge is 0.370 e. The van der Waals surface area contributed by atoms with Crippen LogP contribution in [0.3, 0.4) is 0 Å². The molecule has 106 valence electrons. The first-order valence-corrected chi connectivity index (χ1v) is 8.00. The summed E-state index contributed by atoms with van der Waals surface area (Å²) in [6, 6.07) is 10.5. The molecule has 0 fully saturated rings. The lowest BCUT2D eigenvalue weighted by Crippen LogP contribution is -2.03. The standard InChI is InChI=1S/C16H21N3S/c1-4-14-18-15(17-5-2)10-16(19-14)20-11-13-9-7-6-8-12(13)3/h6-10H,4-5,11H2,1-3H3,(H,17,18,19). The minimum atomic E-state index is 0.858. The number of aryl methyl sites for hydroxylation is 2. The van der Waals surface area contributed by atoms with E-state index in [0.717, 1.165) is 35.4 Å². The summed E-state index contributed by atoms with van der Waals surface area (Å²) >= 11 is 1.77. The summed E-state index contributed by atoms with van der Waals surface area (Å²) in [4.78, 5) is 9.07. The van der Waals surface area contributed by atoms with Crippen molar-refractivity contribution < 1.29 is 0 Å². The molecule has 0 saturated heterocycles. The van der Waals surface area contributed by atoms with E-state index in [2.05, 4.69) is 60.3 Å². The van der Waals surface area contributed by atoms with Crippen LogP contribution in [0.15, 0.2) is 35.4 Å². The average Bonchev–Trinajstić information content (AvgIpc) is 2.46. The maximum atomic E-state index is 4.59. The van der Waals surface area contributed by atoms with Crippen molar-refractivity contribution in [2.45, 2.75) is 38.0 Å². The van der Waals surface area contributed by atoms with E-state index in [1.165, 1.54) is 11.1 Å². The fourth-order valence-corrected chi connectivity index (χ4v) is 2.89. The van der Waals surface area contributed by atoms with Gasteiger partial charge in [0.25, 0.3) is 0 Å². The Morgan fingerprint density at radius 1 is 1.15 bits per heavy atom. The van der Waals surface area contributed by atoms with Crippen LogP contribution in [0.1, 0.15) is 30.8 Å². The Balaban J connectivity index is 2.12. The monoisotopic (exact) mass is 287 g/mol. The zero-order valence-corrected chi connectivity index (χ0v) is 13.1. The van der Waals surface area contributed by atoms with E-state index in [1.54, 1.807) is 11.8 Å². The van der Waals surface area contributed by atoms with E-state index in [0.29, 0.717) is 0 Å². The zero-order chi connectivity index (χ0) is 14.4. The highest BCUT2D eigenvalue weighted by molar-refractivity contribution is 7.98. The van der Waals surface area contributed by atoms with E-state index in [9.17, 15) is 0 Å². The van der Waals surface area contributed by atoms with Crippen molar-refractivity contribution in [3.05, 3.63) is 47.3 Å². The lowest BCUT2D eigenvalue weighted by molar-refractivity contribution is 0.887. The molecule has 0 spiro atoms. The Labute approximate surface area is 125 Å². The maximum absolute atomic E-state index is 4.59. The molecule has 0 aliphatic rings. The minimum Gasteiger partial charge on any atom is -0.370 e. The first-order valence-electron chi connectivity index (χ1n) is 7.02. The minimum absolute atomic E-state index is 0.858.